The third-order valence-electron chi connectivity index (χ3n) is 4.44. The monoisotopic (exact) mass is 397 g/mol. The molecule has 0 unspecified atom stereocenters. The first-order valence-corrected chi connectivity index (χ1v) is 9.06. The summed E-state index contributed by atoms with van der Waals surface area (Å²) in [5.74, 6) is 5.32. The number of carbonyl (C=O) groups excluding carboxylic acids is 2. The standard InChI is InChI=1S/C22H17N6O2/c23-26-22(30)28-21-13-17(25-19-7-2-1-5-15(19)14-29)8-10-18(21)20(27-28)11-9-16-6-3-4-12-24-16/h1-13,25H,23H2,(H,26,30)/b11-9+. The number of rotatable bonds is 5. The van der Waals surface area contributed by atoms with Crippen LogP contribution in [0.15, 0.2) is 66.9 Å². The minimum atomic E-state index is -0.573. The van der Waals surface area contributed by atoms with E-state index >= 15 is 0 Å². The fraction of sp³-hybridized carbons (Fsp3) is 0. The van der Waals surface area contributed by atoms with Gasteiger partial charge in [-0.1, -0.05) is 18.2 Å². The number of nitrogens with one attached hydrogen (secondary N) is 2. The molecule has 0 aliphatic rings. The first kappa shape index (κ1) is 19.0. The number of nitrogens with zero attached hydrogens (tertiary/aromatic N) is 3. The Morgan fingerprint density at radius 1 is 1.07 bits per heavy atom. The minimum absolute atomic E-state index is 0.407. The molecule has 30 heavy (non-hydrogen) atoms. The van der Waals surface area contributed by atoms with E-state index in [1.165, 1.54) is 4.68 Å². The Morgan fingerprint density at radius 3 is 2.67 bits per heavy atom. The number of benzene rings is 2. The van der Waals surface area contributed by atoms with Crippen LogP contribution in [-0.2, 0) is 4.79 Å². The second-order valence-corrected chi connectivity index (χ2v) is 6.34. The highest BCUT2D eigenvalue weighted by Crippen LogP contribution is 2.27. The predicted octanol–water partition coefficient (Wildman–Crippen LogP) is 3.23. The summed E-state index contributed by atoms with van der Waals surface area (Å²) in [5.41, 5.74) is 5.70. The van der Waals surface area contributed by atoms with E-state index in [0.29, 0.717) is 28.1 Å². The van der Waals surface area contributed by atoms with Crippen molar-refractivity contribution in [1.82, 2.24) is 20.2 Å². The van der Waals surface area contributed by atoms with E-state index in [-0.39, 0.29) is 0 Å². The van der Waals surface area contributed by atoms with Crippen LogP contribution in [0.2, 0.25) is 0 Å². The highest BCUT2D eigenvalue weighted by molar-refractivity contribution is 5.97. The summed E-state index contributed by atoms with van der Waals surface area (Å²) in [6, 6.07) is 17.5. The van der Waals surface area contributed by atoms with Crippen molar-refractivity contribution in [2.45, 2.75) is 0 Å². The molecule has 0 saturated carbocycles. The lowest BCUT2D eigenvalue weighted by molar-refractivity contribution is 0.241. The van der Waals surface area contributed by atoms with Gasteiger partial charge in [-0.3, -0.25) is 15.2 Å². The normalized spacial score (nSPS) is 11.0. The molecule has 4 rings (SSSR count). The van der Waals surface area contributed by atoms with Gasteiger partial charge in [-0.25, -0.2) is 10.6 Å². The lowest BCUT2D eigenvalue weighted by Gasteiger charge is -2.09. The quantitative estimate of drug-likeness (QED) is 0.271. The van der Waals surface area contributed by atoms with E-state index in [1.807, 2.05) is 48.8 Å². The summed E-state index contributed by atoms with van der Waals surface area (Å²) in [4.78, 5) is 27.6. The van der Waals surface area contributed by atoms with Gasteiger partial charge in [0.1, 0.15) is 0 Å². The molecule has 0 atom stereocenters. The summed E-state index contributed by atoms with van der Waals surface area (Å²) < 4.78 is 1.19. The van der Waals surface area contributed by atoms with Crippen LogP contribution in [0, 0.1) is 0 Å². The van der Waals surface area contributed by atoms with E-state index in [2.05, 4.69) is 20.8 Å². The van der Waals surface area contributed by atoms with Crippen molar-refractivity contribution in [2.75, 3.05) is 5.32 Å². The molecule has 147 valence electrons. The van der Waals surface area contributed by atoms with Gasteiger partial charge in [0, 0.05) is 28.5 Å². The molecule has 1 radical (unpaired) electrons. The van der Waals surface area contributed by atoms with Crippen molar-refractivity contribution in [3.05, 3.63) is 83.8 Å². The number of aromatic nitrogens is 3. The molecule has 4 N–H and O–H groups in total. The topological polar surface area (TPSA) is 115 Å². The number of fused-ring (bicyclic) bond motifs is 1. The molecule has 0 spiro atoms. The molecule has 0 aliphatic carbocycles. The van der Waals surface area contributed by atoms with Crippen LogP contribution in [0.25, 0.3) is 23.1 Å². The molecule has 2 heterocycles. The van der Waals surface area contributed by atoms with Gasteiger partial charge in [-0.15, -0.1) is 0 Å². The van der Waals surface area contributed by atoms with Crippen molar-refractivity contribution in [3.8, 4) is 0 Å². The van der Waals surface area contributed by atoms with Gasteiger partial charge >= 0.3 is 6.03 Å². The number of para-hydroxylation sites is 1. The first-order valence-electron chi connectivity index (χ1n) is 9.06. The van der Waals surface area contributed by atoms with Crippen LogP contribution in [0.1, 0.15) is 17.0 Å². The lowest BCUT2D eigenvalue weighted by atomic mass is 10.1. The summed E-state index contributed by atoms with van der Waals surface area (Å²) in [6.45, 7) is 0. The zero-order valence-electron chi connectivity index (χ0n) is 15.7. The zero-order chi connectivity index (χ0) is 20.9. The van der Waals surface area contributed by atoms with Gasteiger partial charge in [0.05, 0.1) is 16.9 Å². The maximum absolute atomic E-state index is 12.2. The third kappa shape index (κ3) is 3.80. The zero-order valence-corrected chi connectivity index (χ0v) is 15.7. The van der Waals surface area contributed by atoms with E-state index in [0.717, 1.165) is 11.1 Å². The molecule has 8 heteroatoms. The first-order chi connectivity index (χ1) is 14.7. The molecule has 0 bridgehead atoms. The number of pyridine rings is 1. The number of carbonyl (C=O) groups is 1. The smallest absolute Gasteiger partial charge is 0.355 e. The van der Waals surface area contributed by atoms with Crippen LogP contribution < -0.4 is 16.6 Å². The van der Waals surface area contributed by atoms with Gasteiger partial charge < -0.3 is 5.32 Å². The Labute approximate surface area is 172 Å². The number of hydrogen-bond donors (Lipinski definition) is 3. The SMILES string of the molecule is NNC(=O)n1nc(/C=C/c2ccccn2)c2ccc(Nc3ccccc3[C]=O)cc21. The average Bonchev–Trinajstić information content (AvgIpc) is 3.16. The molecule has 2 aromatic carbocycles. The number of nitrogen functional groups attached to an aromatic ring is 1. The maximum atomic E-state index is 12.2. The molecule has 0 saturated heterocycles. The van der Waals surface area contributed by atoms with Crippen molar-refractivity contribution in [1.29, 1.82) is 0 Å². The second-order valence-electron chi connectivity index (χ2n) is 6.34. The summed E-state index contributed by atoms with van der Waals surface area (Å²) >= 11 is 0. The van der Waals surface area contributed by atoms with Gasteiger partial charge in [-0.2, -0.15) is 9.78 Å². The van der Waals surface area contributed by atoms with Crippen LogP contribution in [0.3, 0.4) is 0 Å². The Kier molecular flexibility index (Phi) is 5.31. The van der Waals surface area contributed by atoms with Gasteiger partial charge in [0.2, 0.25) is 6.29 Å². The lowest BCUT2D eigenvalue weighted by Crippen LogP contribution is -2.34. The number of nitrogens with two attached hydrogens (primary N) is 1. The molecule has 4 aromatic rings. The fourth-order valence-electron chi connectivity index (χ4n) is 3.03. The predicted molar refractivity (Wildman–Crippen MR) is 116 cm³/mol. The second kappa shape index (κ2) is 8.38. The molecule has 0 aliphatic heterocycles. The molecule has 8 nitrogen and oxygen atoms in total. The fourth-order valence-corrected chi connectivity index (χ4v) is 3.03. The van der Waals surface area contributed by atoms with E-state index in [1.54, 1.807) is 36.5 Å². The number of anilines is 2. The van der Waals surface area contributed by atoms with E-state index in [9.17, 15) is 9.59 Å². The van der Waals surface area contributed by atoms with Crippen LogP contribution in [-0.4, -0.2) is 27.1 Å². The van der Waals surface area contributed by atoms with Crippen LogP contribution >= 0.6 is 0 Å². The average molecular weight is 397 g/mol. The molecule has 0 fully saturated rings. The summed E-state index contributed by atoms with van der Waals surface area (Å²) in [6.07, 6.45) is 7.20. The Bertz CT molecular complexity index is 1250. The van der Waals surface area contributed by atoms with Gasteiger partial charge in [0.15, 0.2) is 0 Å². The Hall–Kier alpha value is -4.30. The van der Waals surface area contributed by atoms with Crippen LogP contribution in [0.5, 0.6) is 0 Å². The molecular weight excluding hydrogens is 380 g/mol. The largest absolute Gasteiger partial charge is 0.356 e. The molecule has 1 amide bonds. The Morgan fingerprint density at radius 2 is 1.90 bits per heavy atom. The van der Waals surface area contributed by atoms with Crippen molar-refractivity contribution in [2.24, 2.45) is 5.84 Å². The van der Waals surface area contributed by atoms with E-state index in [4.69, 9.17) is 5.84 Å². The Balaban J connectivity index is 1.76. The van der Waals surface area contributed by atoms with Crippen molar-refractivity contribution < 1.29 is 9.59 Å². The number of hydrazine groups is 1. The maximum Gasteiger partial charge on any atom is 0.356 e. The summed E-state index contributed by atoms with van der Waals surface area (Å²) in [5, 5.41) is 8.31. The third-order valence-corrected chi connectivity index (χ3v) is 4.44. The summed E-state index contributed by atoms with van der Waals surface area (Å²) in [7, 11) is 0. The van der Waals surface area contributed by atoms with Gasteiger partial charge in [0.25, 0.3) is 0 Å². The molecule has 2 aromatic heterocycles. The van der Waals surface area contributed by atoms with Crippen molar-refractivity contribution >= 4 is 46.7 Å². The number of hydrogen-bond acceptors (Lipinski definition) is 6. The van der Waals surface area contributed by atoms with Gasteiger partial charge in [-0.05, 0) is 54.6 Å². The highest BCUT2D eigenvalue weighted by atomic mass is 16.2. The number of amides is 1. The minimum Gasteiger partial charge on any atom is -0.355 e. The van der Waals surface area contributed by atoms with Crippen molar-refractivity contribution in [3.63, 3.8) is 0 Å². The molecular formula is C22H17N6O2. The highest BCUT2D eigenvalue weighted by Gasteiger charge is 2.14. The van der Waals surface area contributed by atoms with E-state index < -0.39 is 6.03 Å². The van der Waals surface area contributed by atoms with Crippen LogP contribution in [0.4, 0.5) is 16.2 Å².